The normalized spacial score (nSPS) is 19.5. The third-order valence-electron chi connectivity index (χ3n) is 3.05. The minimum Gasteiger partial charge on any atom is -0.380 e. The maximum absolute atomic E-state index is 13.2. The Morgan fingerprint density at radius 1 is 1.53 bits per heavy atom. The van der Waals surface area contributed by atoms with E-state index < -0.39 is 0 Å². The maximum Gasteiger partial charge on any atom is 0.124 e. The van der Waals surface area contributed by atoms with Crippen molar-refractivity contribution in [2.45, 2.75) is 19.0 Å². The van der Waals surface area contributed by atoms with Crippen molar-refractivity contribution in [2.24, 2.45) is 0 Å². The van der Waals surface area contributed by atoms with Crippen LogP contribution in [0, 0.1) is 17.1 Å². The molecule has 0 saturated carbocycles. The number of likely N-dealkylation sites (N-methyl/N-ethyl adjacent to an activating group) is 1. The first-order chi connectivity index (χ1) is 8.19. The summed E-state index contributed by atoms with van der Waals surface area (Å²) in [5.41, 5.74) is 1.20. The molecule has 1 atom stereocenters. The van der Waals surface area contributed by atoms with Crippen molar-refractivity contribution in [3.63, 3.8) is 0 Å². The van der Waals surface area contributed by atoms with E-state index in [-0.39, 0.29) is 5.82 Å². The van der Waals surface area contributed by atoms with E-state index in [1.807, 2.05) is 13.1 Å². The van der Waals surface area contributed by atoms with E-state index in [9.17, 15) is 4.39 Å². The molecule has 4 heteroatoms. The molecule has 1 heterocycles. The lowest BCUT2D eigenvalue weighted by atomic mass is 10.1. The van der Waals surface area contributed by atoms with Crippen molar-refractivity contribution >= 4 is 0 Å². The molecule has 1 aromatic rings. The predicted octanol–water partition coefficient (Wildman–Crippen LogP) is 1.92. The first-order valence-corrected chi connectivity index (χ1v) is 5.66. The van der Waals surface area contributed by atoms with Crippen LogP contribution in [0.4, 0.5) is 4.39 Å². The van der Waals surface area contributed by atoms with Gasteiger partial charge in [-0.1, -0.05) is 0 Å². The Balaban J connectivity index is 2.07. The van der Waals surface area contributed by atoms with E-state index in [0.29, 0.717) is 18.2 Å². The zero-order chi connectivity index (χ0) is 12.3. The number of hydrogen-bond acceptors (Lipinski definition) is 3. The zero-order valence-electron chi connectivity index (χ0n) is 9.82. The first kappa shape index (κ1) is 12.0. The molecule has 1 aromatic carbocycles. The zero-order valence-corrected chi connectivity index (χ0v) is 9.82. The SMILES string of the molecule is CN(Cc1cc(F)cc(C#N)c1)C1CCOC1. The highest BCUT2D eigenvalue weighted by Crippen LogP contribution is 2.15. The lowest BCUT2D eigenvalue weighted by Gasteiger charge is -2.22. The number of ether oxygens (including phenoxy) is 1. The molecule has 0 aliphatic carbocycles. The number of halogens is 1. The molecular formula is C13H15FN2O. The van der Waals surface area contributed by atoms with Gasteiger partial charge < -0.3 is 4.74 Å². The fourth-order valence-corrected chi connectivity index (χ4v) is 2.09. The number of benzene rings is 1. The van der Waals surface area contributed by atoms with Crippen molar-refractivity contribution in [3.05, 3.63) is 35.1 Å². The van der Waals surface area contributed by atoms with Crippen molar-refractivity contribution in [2.75, 3.05) is 20.3 Å². The van der Waals surface area contributed by atoms with E-state index in [1.165, 1.54) is 12.1 Å². The smallest absolute Gasteiger partial charge is 0.124 e. The van der Waals surface area contributed by atoms with Crippen molar-refractivity contribution < 1.29 is 9.13 Å². The van der Waals surface area contributed by atoms with Crippen LogP contribution in [0.25, 0.3) is 0 Å². The van der Waals surface area contributed by atoms with Gasteiger partial charge in [-0.15, -0.1) is 0 Å². The van der Waals surface area contributed by atoms with Gasteiger partial charge in [-0.3, -0.25) is 4.90 Å². The second-order valence-corrected chi connectivity index (χ2v) is 4.39. The molecule has 0 aromatic heterocycles. The standard InChI is InChI=1S/C13H15FN2O/c1-16(13-2-3-17-9-13)8-11-4-10(7-15)5-12(14)6-11/h4-6,13H,2-3,8-9H2,1H3. The maximum atomic E-state index is 13.2. The highest BCUT2D eigenvalue weighted by molar-refractivity contribution is 5.33. The molecule has 0 N–H and O–H groups in total. The van der Waals surface area contributed by atoms with Gasteiger partial charge in [-0.25, -0.2) is 4.39 Å². The average molecular weight is 234 g/mol. The van der Waals surface area contributed by atoms with E-state index in [4.69, 9.17) is 10.00 Å². The molecule has 0 amide bonds. The molecule has 1 saturated heterocycles. The van der Waals surface area contributed by atoms with Crippen LogP contribution in [-0.2, 0) is 11.3 Å². The Morgan fingerprint density at radius 2 is 2.35 bits per heavy atom. The Bertz CT molecular complexity index is 436. The summed E-state index contributed by atoms with van der Waals surface area (Å²) in [6.45, 7) is 2.17. The van der Waals surface area contributed by atoms with Crippen LogP contribution in [0.5, 0.6) is 0 Å². The summed E-state index contributed by atoms with van der Waals surface area (Å²) in [4.78, 5) is 2.14. The highest BCUT2D eigenvalue weighted by atomic mass is 19.1. The lowest BCUT2D eigenvalue weighted by Crippen LogP contribution is -2.31. The van der Waals surface area contributed by atoms with Gasteiger partial charge in [0.1, 0.15) is 5.82 Å². The van der Waals surface area contributed by atoms with Crippen molar-refractivity contribution in [1.82, 2.24) is 4.90 Å². The van der Waals surface area contributed by atoms with Gasteiger partial charge in [0.15, 0.2) is 0 Å². The third-order valence-corrected chi connectivity index (χ3v) is 3.05. The fourth-order valence-electron chi connectivity index (χ4n) is 2.09. The Kier molecular flexibility index (Phi) is 3.72. The summed E-state index contributed by atoms with van der Waals surface area (Å²) in [5.74, 6) is -0.352. The van der Waals surface area contributed by atoms with Crippen LogP contribution in [-0.4, -0.2) is 31.2 Å². The number of rotatable bonds is 3. The van der Waals surface area contributed by atoms with Gasteiger partial charge >= 0.3 is 0 Å². The van der Waals surface area contributed by atoms with Crippen LogP contribution in [0.2, 0.25) is 0 Å². The fraction of sp³-hybridized carbons (Fsp3) is 0.462. The van der Waals surface area contributed by atoms with Gasteiger partial charge in [0.2, 0.25) is 0 Å². The molecule has 2 rings (SSSR count). The topological polar surface area (TPSA) is 36.3 Å². The molecule has 90 valence electrons. The monoisotopic (exact) mass is 234 g/mol. The van der Waals surface area contributed by atoms with E-state index in [0.717, 1.165) is 25.2 Å². The average Bonchev–Trinajstić information content (AvgIpc) is 2.81. The lowest BCUT2D eigenvalue weighted by molar-refractivity contribution is 0.156. The van der Waals surface area contributed by atoms with Crippen LogP contribution in [0.1, 0.15) is 17.5 Å². The molecule has 1 fully saturated rings. The van der Waals surface area contributed by atoms with Crippen molar-refractivity contribution in [1.29, 1.82) is 5.26 Å². The van der Waals surface area contributed by atoms with E-state index in [1.54, 1.807) is 6.07 Å². The Morgan fingerprint density at radius 3 is 3.00 bits per heavy atom. The number of hydrogen-bond donors (Lipinski definition) is 0. The minimum atomic E-state index is -0.352. The van der Waals surface area contributed by atoms with E-state index in [2.05, 4.69) is 4.90 Å². The quantitative estimate of drug-likeness (QED) is 0.801. The highest BCUT2D eigenvalue weighted by Gasteiger charge is 2.20. The molecule has 0 bridgehead atoms. The van der Waals surface area contributed by atoms with Gasteiger partial charge in [0.05, 0.1) is 18.2 Å². The molecule has 3 nitrogen and oxygen atoms in total. The van der Waals surface area contributed by atoms with E-state index >= 15 is 0 Å². The van der Waals surface area contributed by atoms with Crippen LogP contribution >= 0.6 is 0 Å². The predicted molar refractivity (Wildman–Crippen MR) is 61.8 cm³/mol. The largest absolute Gasteiger partial charge is 0.380 e. The number of nitriles is 1. The molecule has 1 unspecified atom stereocenters. The van der Waals surface area contributed by atoms with Gasteiger partial charge in [-0.05, 0) is 37.2 Å². The Hall–Kier alpha value is -1.44. The number of nitrogens with zero attached hydrogens (tertiary/aromatic N) is 2. The summed E-state index contributed by atoms with van der Waals surface area (Å²) in [6.07, 6.45) is 1.01. The Labute approximate surface area is 100 Å². The second kappa shape index (κ2) is 5.26. The van der Waals surface area contributed by atoms with Gasteiger partial charge in [0, 0.05) is 19.2 Å². The molecule has 1 aliphatic rings. The summed E-state index contributed by atoms with van der Waals surface area (Å²) in [6, 6.07) is 6.82. The van der Waals surface area contributed by atoms with Gasteiger partial charge in [0.25, 0.3) is 0 Å². The third kappa shape index (κ3) is 3.02. The summed E-state index contributed by atoms with van der Waals surface area (Å²) in [5, 5.41) is 8.78. The van der Waals surface area contributed by atoms with Crippen LogP contribution < -0.4 is 0 Å². The summed E-state index contributed by atoms with van der Waals surface area (Å²) < 4.78 is 18.6. The second-order valence-electron chi connectivity index (χ2n) is 4.39. The molecule has 0 spiro atoms. The summed E-state index contributed by atoms with van der Waals surface area (Å²) >= 11 is 0. The molecule has 1 aliphatic heterocycles. The van der Waals surface area contributed by atoms with Crippen LogP contribution in [0.3, 0.4) is 0 Å². The first-order valence-electron chi connectivity index (χ1n) is 5.66. The van der Waals surface area contributed by atoms with Gasteiger partial charge in [-0.2, -0.15) is 5.26 Å². The van der Waals surface area contributed by atoms with Crippen molar-refractivity contribution in [3.8, 4) is 6.07 Å². The minimum absolute atomic E-state index is 0.352. The van der Waals surface area contributed by atoms with Crippen LogP contribution in [0.15, 0.2) is 18.2 Å². The molecule has 0 radical (unpaired) electrons. The summed E-state index contributed by atoms with van der Waals surface area (Å²) in [7, 11) is 2.00. The molecular weight excluding hydrogens is 219 g/mol. The molecule has 17 heavy (non-hydrogen) atoms.